The van der Waals surface area contributed by atoms with Crippen molar-refractivity contribution in [2.75, 3.05) is 0 Å². The van der Waals surface area contributed by atoms with Crippen molar-refractivity contribution in [3.05, 3.63) is 40.8 Å². The van der Waals surface area contributed by atoms with Gasteiger partial charge in [0, 0.05) is 17.9 Å². The fourth-order valence-corrected chi connectivity index (χ4v) is 5.67. The van der Waals surface area contributed by atoms with E-state index in [-0.39, 0.29) is 10.7 Å². The number of hydrogen-bond acceptors (Lipinski definition) is 2. The summed E-state index contributed by atoms with van der Waals surface area (Å²) in [6.45, 7) is 14.6. The quantitative estimate of drug-likeness (QED) is 0.569. The lowest BCUT2D eigenvalue weighted by atomic mass is 9.78. The van der Waals surface area contributed by atoms with E-state index in [0.717, 1.165) is 30.6 Å². The maximum Gasteiger partial charge on any atom is 0.239 e. The number of hydrogen-bond donors (Lipinski definition) is 1. The highest BCUT2D eigenvalue weighted by Gasteiger charge is 2.29. The summed E-state index contributed by atoms with van der Waals surface area (Å²) in [7, 11) is -3.86. The van der Waals surface area contributed by atoms with E-state index < -0.39 is 20.9 Å². The van der Waals surface area contributed by atoms with Crippen LogP contribution in [0.1, 0.15) is 90.5 Å². The topological polar surface area (TPSA) is 65.1 Å². The molecule has 32 heavy (non-hydrogen) atoms. The van der Waals surface area contributed by atoms with Crippen LogP contribution in [0.2, 0.25) is 0 Å². The van der Waals surface area contributed by atoms with Crippen LogP contribution < -0.4 is 5.14 Å². The third kappa shape index (κ3) is 5.12. The summed E-state index contributed by atoms with van der Waals surface area (Å²) < 4.78 is 42.4. The predicted molar refractivity (Wildman–Crippen MR) is 130 cm³/mol. The van der Waals surface area contributed by atoms with E-state index in [0.29, 0.717) is 22.7 Å². The molecule has 4 nitrogen and oxygen atoms in total. The Labute approximate surface area is 193 Å². The summed E-state index contributed by atoms with van der Waals surface area (Å²) in [6.07, 6.45) is 5.97. The number of primary sulfonamides is 1. The number of aromatic nitrogens is 1. The van der Waals surface area contributed by atoms with Gasteiger partial charge in [0.2, 0.25) is 10.0 Å². The fraction of sp³-hybridized carbons (Fsp3) is 0.615. The van der Waals surface area contributed by atoms with Crippen LogP contribution in [0.15, 0.2) is 23.1 Å². The van der Waals surface area contributed by atoms with E-state index in [9.17, 15) is 8.42 Å². The summed E-state index contributed by atoms with van der Waals surface area (Å²) in [5, 5.41) is 5.57. The molecular weight excluding hydrogens is 423 g/mol. The second-order valence-corrected chi connectivity index (χ2v) is 13.1. The molecule has 6 heteroatoms. The van der Waals surface area contributed by atoms with Gasteiger partial charge in [-0.15, -0.1) is 0 Å². The summed E-state index contributed by atoms with van der Waals surface area (Å²) in [4.78, 5) is 0.155. The average Bonchev–Trinajstić information content (AvgIpc) is 2.98. The minimum absolute atomic E-state index is 0.155. The molecule has 1 aromatic heterocycles. The normalized spacial score (nSPS) is 16.5. The van der Waals surface area contributed by atoms with Crippen LogP contribution in [0.3, 0.4) is 0 Å². The smallest absolute Gasteiger partial charge is 0.239 e. The van der Waals surface area contributed by atoms with Crippen molar-refractivity contribution in [1.29, 1.82) is 0 Å². The van der Waals surface area contributed by atoms with Crippen molar-refractivity contribution in [3.63, 3.8) is 0 Å². The fourth-order valence-electron chi connectivity index (χ4n) is 4.87. The number of nitrogens with two attached hydrogens (primary N) is 1. The summed E-state index contributed by atoms with van der Waals surface area (Å²) in [6, 6.07) is 5.47. The predicted octanol–water partition coefficient (Wildman–Crippen LogP) is 6.43. The Hall–Kier alpha value is -1.66. The number of rotatable bonds is 4. The van der Waals surface area contributed by atoms with Crippen molar-refractivity contribution in [2.45, 2.75) is 103 Å². The molecule has 0 bridgehead atoms. The molecule has 0 unspecified atom stereocenters. The highest BCUT2D eigenvalue weighted by atomic mass is 32.2. The molecule has 0 atom stereocenters. The Morgan fingerprint density at radius 1 is 0.969 bits per heavy atom. The lowest BCUT2D eigenvalue weighted by Gasteiger charge is -2.28. The summed E-state index contributed by atoms with van der Waals surface area (Å²) in [5.74, 6) is 0.328. The van der Waals surface area contributed by atoms with Crippen LogP contribution >= 0.6 is 0 Å². The monoisotopic (exact) mass is 462 g/mol. The average molecular weight is 463 g/mol. The molecule has 0 aliphatic heterocycles. The molecule has 178 valence electrons. The van der Waals surface area contributed by atoms with Crippen LogP contribution in [0.5, 0.6) is 0 Å². The lowest BCUT2D eigenvalue weighted by Crippen LogP contribution is -2.21. The van der Waals surface area contributed by atoms with Gasteiger partial charge in [-0.2, -0.15) is 0 Å². The Bertz CT molecular complexity index is 1060. The Kier molecular flexibility index (Phi) is 6.71. The zero-order valence-corrected chi connectivity index (χ0v) is 21.5. The first-order chi connectivity index (χ1) is 14.6. The van der Waals surface area contributed by atoms with Crippen molar-refractivity contribution >= 4 is 10.0 Å². The van der Waals surface area contributed by atoms with Crippen LogP contribution in [0.25, 0.3) is 11.3 Å². The van der Waals surface area contributed by atoms with Crippen molar-refractivity contribution in [1.82, 2.24) is 4.57 Å². The first-order valence-corrected chi connectivity index (χ1v) is 13.2. The summed E-state index contributed by atoms with van der Waals surface area (Å²) >= 11 is 0. The zero-order valence-electron chi connectivity index (χ0n) is 20.7. The van der Waals surface area contributed by atoms with Crippen LogP contribution in [-0.2, 0) is 27.4 Å². The number of halogens is 1. The molecular formula is C26H39FN2O2S. The molecule has 1 heterocycles. The lowest BCUT2D eigenvalue weighted by molar-refractivity contribution is 0.318. The van der Waals surface area contributed by atoms with Crippen LogP contribution in [-0.4, -0.2) is 13.0 Å². The molecule has 3 rings (SSSR count). The first kappa shape index (κ1) is 25.0. The van der Waals surface area contributed by atoms with Gasteiger partial charge in [0.15, 0.2) is 0 Å². The van der Waals surface area contributed by atoms with E-state index in [1.54, 1.807) is 6.07 Å². The molecule has 1 saturated carbocycles. The third-order valence-electron chi connectivity index (χ3n) is 6.78. The van der Waals surface area contributed by atoms with E-state index in [1.165, 1.54) is 19.3 Å². The SMILES string of the molecule is Cc1c(S(N)(=O)=O)cc(-c2cc(C(C)(C)C)c(F)c(C(C)(C)C)c2)n1CC1CCCCC1. The van der Waals surface area contributed by atoms with E-state index in [4.69, 9.17) is 5.14 Å². The van der Waals surface area contributed by atoms with Crippen molar-refractivity contribution in [2.24, 2.45) is 11.1 Å². The third-order valence-corrected chi connectivity index (χ3v) is 7.80. The van der Waals surface area contributed by atoms with E-state index in [1.807, 2.05) is 60.6 Å². The Morgan fingerprint density at radius 3 is 1.91 bits per heavy atom. The van der Waals surface area contributed by atoms with Gasteiger partial charge in [0.05, 0.1) is 0 Å². The molecule has 1 aliphatic carbocycles. The van der Waals surface area contributed by atoms with Crippen LogP contribution in [0.4, 0.5) is 4.39 Å². The van der Waals surface area contributed by atoms with Gasteiger partial charge in [-0.05, 0) is 71.4 Å². The summed E-state index contributed by atoms with van der Waals surface area (Å²) in [5.41, 5.74) is 2.80. The highest BCUT2D eigenvalue weighted by Crippen LogP contribution is 2.39. The Balaban J connectivity index is 2.28. The number of sulfonamides is 1. The molecule has 2 N–H and O–H groups in total. The molecule has 0 saturated heterocycles. The number of nitrogens with zero attached hydrogens (tertiary/aromatic N) is 1. The maximum absolute atomic E-state index is 15.6. The minimum Gasteiger partial charge on any atom is -0.343 e. The van der Waals surface area contributed by atoms with Gasteiger partial charge in [-0.1, -0.05) is 60.8 Å². The van der Waals surface area contributed by atoms with Gasteiger partial charge in [0.1, 0.15) is 10.7 Å². The molecule has 1 fully saturated rings. The van der Waals surface area contributed by atoms with Gasteiger partial charge < -0.3 is 4.57 Å². The van der Waals surface area contributed by atoms with Gasteiger partial charge in [0.25, 0.3) is 0 Å². The highest BCUT2D eigenvalue weighted by molar-refractivity contribution is 7.89. The van der Waals surface area contributed by atoms with Gasteiger partial charge in [-0.3, -0.25) is 0 Å². The minimum atomic E-state index is -3.86. The van der Waals surface area contributed by atoms with E-state index in [2.05, 4.69) is 4.57 Å². The molecule has 2 aromatic rings. The van der Waals surface area contributed by atoms with Crippen molar-refractivity contribution < 1.29 is 12.8 Å². The van der Waals surface area contributed by atoms with Gasteiger partial charge in [-0.25, -0.2) is 17.9 Å². The van der Waals surface area contributed by atoms with E-state index >= 15 is 4.39 Å². The molecule has 1 aromatic carbocycles. The largest absolute Gasteiger partial charge is 0.343 e. The van der Waals surface area contributed by atoms with Gasteiger partial charge >= 0.3 is 0 Å². The molecule has 0 spiro atoms. The Morgan fingerprint density at radius 2 is 1.47 bits per heavy atom. The first-order valence-electron chi connectivity index (χ1n) is 11.7. The second-order valence-electron chi connectivity index (χ2n) is 11.5. The van der Waals surface area contributed by atoms with Crippen LogP contribution in [0, 0.1) is 18.7 Å². The second kappa shape index (κ2) is 8.60. The molecule has 0 radical (unpaired) electrons. The molecule has 0 amide bonds. The standard InChI is InChI=1S/C26H39FN2O2S/c1-17-23(32(28,30)31)15-22(29(17)16-18-11-9-8-10-12-18)19-13-20(25(2,3)4)24(27)21(14-19)26(5,6)7/h13-15,18H,8-12,16H2,1-7H3,(H2,28,30,31). The number of benzene rings is 1. The zero-order chi connectivity index (χ0) is 24.1. The molecule has 1 aliphatic rings. The maximum atomic E-state index is 15.6. The van der Waals surface area contributed by atoms with Crippen molar-refractivity contribution in [3.8, 4) is 11.3 Å².